The Kier molecular flexibility index (Phi) is 5.50. The van der Waals surface area contributed by atoms with Gasteiger partial charge < -0.3 is 4.74 Å². The molecule has 0 atom stereocenters. The van der Waals surface area contributed by atoms with Crippen molar-refractivity contribution in [2.75, 3.05) is 7.11 Å². The van der Waals surface area contributed by atoms with Crippen molar-refractivity contribution in [1.29, 1.82) is 0 Å². The van der Waals surface area contributed by atoms with Crippen molar-refractivity contribution in [1.82, 2.24) is 0 Å². The summed E-state index contributed by atoms with van der Waals surface area (Å²) in [5.41, 5.74) is 1.65. The highest BCUT2D eigenvalue weighted by Gasteiger charge is 2.15. The molecule has 2 aromatic carbocycles. The van der Waals surface area contributed by atoms with Crippen LogP contribution in [0.5, 0.6) is 0 Å². The highest BCUT2D eigenvalue weighted by atomic mass is 35.5. The average molecular weight is 315 g/mol. The summed E-state index contributed by atoms with van der Waals surface area (Å²) in [7, 11) is 1.30. The molecular weight excluding hydrogens is 300 g/mol. The monoisotopic (exact) mass is 314 g/mol. The molecule has 4 heteroatoms. The van der Waals surface area contributed by atoms with Crippen LogP contribution in [-0.4, -0.2) is 18.9 Å². The molecule has 0 amide bonds. The number of carbonyl (C=O) groups is 2. The van der Waals surface area contributed by atoms with Crippen LogP contribution in [0.25, 0.3) is 6.08 Å². The van der Waals surface area contributed by atoms with Gasteiger partial charge in [0, 0.05) is 22.6 Å². The lowest BCUT2D eigenvalue weighted by atomic mass is 10.0. The lowest BCUT2D eigenvalue weighted by Gasteiger charge is -2.06. The second-order valence-corrected chi connectivity index (χ2v) is 5.12. The second-order valence-electron chi connectivity index (χ2n) is 4.68. The molecule has 0 heterocycles. The second kappa shape index (κ2) is 7.57. The number of ether oxygens (including phenoxy) is 1. The first-order chi connectivity index (χ1) is 10.6. The summed E-state index contributed by atoms with van der Waals surface area (Å²) in [5.74, 6) is -0.648. The molecule has 0 N–H and O–H groups in total. The van der Waals surface area contributed by atoms with Crippen molar-refractivity contribution in [3.05, 3.63) is 76.3 Å². The number of esters is 1. The summed E-state index contributed by atoms with van der Waals surface area (Å²) in [6.45, 7) is 0. The van der Waals surface area contributed by atoms with Gasteiger partial charge in [0.2, 0.25) is 0 Å². The molecule has 0 aliphatic heterocycles. The fraction of sp³-hybridized carbons (Fsp3) is 0.111. The molecule has 0 saturated heterocycles. The topological polar surface area (TPSA) is 43.4 Å². The van der Waals surface area contributed by atoms with Crippen LogP contribution in [0, 0.1) is 0 Å². The Morgan fingerprint density at radius 3 is 2.27 bits per heavy atom. The van der Waals surface area contributed by atoms with E-state index in [9.17, 15) is 9.59 Å². The Bertz CT molecular complexity index is 688. The molecule has 0 radical (unpaired) electrons. The third-order valence-electron chi connectivity index (χ3n) is 3.11. The first kappa shape index (κ1) is 16.0. The van der Waals surface area contributed by atoms with Gasteiger partial charge in [-0.05, 0) is 23.8 Å². The fourth-order valence-corrected chi connectivity index (χ4v) is 2.10. The van der Waals surface area contributed by atoms with E-state index in [1.807, 2.05) is 6.07 Å². The van der Waals surface area contributed by atoms with Crippen LogP contribution in [0.3, 0.4) is 0 Å². The van der Waals surface area contributed by atoms with E-state index in [0.717, 1.165) is 5.56 Å². The summed E-state index contributed by atoms with van der Waals surface area (Å²) in [4.78, 5) is 24.1. The quantitative estimate of drug-likeness (QED) is 0.472. The van der Waals surface area contributed by atoms with E-state index < -0.39 is 5.97 Å². The molecule has 0 bridgehead atoms. The maximum atomic E-state index is 12.3. The molecule has 2 rings (SSSR count). The number of hydrogen-bond acceptors (Lipinski definition) is 3. The SMILES string of the molecule is COC(=O)/C(=C/c1ccc(Cl)cc1)CC(=O)c1ccccc1. The van der Waals surface area contributed by atoms with E-state index in [0.29, 0.717) is 16.2 Å². The van der Waals surface area contributed by atoms with E-state index >= 15 is 0 Å². The van der Waals surface area contributed by atoms with Crippen LogP contribution in [0.2, 0.25) is 5.02 Å². The molecule has 0 aliphatic carbocycles. The molecule has 3 nitrogen and oxygen atoms in total. The third kappa shape index (κ3) is 4.30. The smallest absolute Gasteiger partial charge is 0.334 e. The molecule has 0 aromatic heterocycles. The number of benzene rings is 2. The molecule has 22 heavy (non-hydrogen) atoms. The summed E-state index contributed by atoms with van der Waals surface area (Å²) in [6.07, 6.45) is 1.63. The molecular formula is C18H15ClO3. The molecule has 0 spiro atoms. The first-order valence-electron chi connectivity index (χ1n) is 6.73. The van der Waals surface area contributed by atoms with Gasteiger partial charge in [0.25, 0.3) is 0 Å². The zero-order valence-electron chi connectivity index (χ0n) is 12.1. The third-order valence-corrected chi connectivity index (χ3v) is 3.36. The summed E-state index contributed by atoms with van der Waals surface area (Å²) >= 11 is 5.84. The van der Waals surface area contributed by atoms with Crippen LogP contribution in [-0.2, 0) is 9.53 Å². The van der Waals surface area contributed by atoms with E-state index in [1.54, 1.807) is 54.6 Å². The van der Waals surface area contributed by atoms with Gasteiger partial charge in [0.15, 0.2) is 5.78 Å². The predicted molar refractivity (Wildman–Crippen MR) is 86.8 cm³/mol. The van der Waals surface area contributed by atoms with E-state index in [-0.39, 0.29) is 12.2 Å². The minimum absolute atomic E-state index is 0.0146. The van der Waals surface area contributed by atoms with Gasteiger partial charge in [-0.2, -0.15) is 0 Å². The predicted octanol–water partition coefficient (Wildman–Crippen LogP) is 4.17. The Hall–Kier alpha value is -2.39. The van der Waals surface area contributed by atoms with Crippen LogP contribution in [0.15, 0.2) is 60.2 Å². The van der Waals surface area contributed by atoms with E-state index in [1.165, 1.54) is 7.11 Å². The van der Waals surface area contributed by atoms with E-state index in [4.69, 9.17) is 16.3 Å². The van der Waals surface area contributed by atoms with Crippen LogP contribution in [0.1, 0.15) is 22.3 Å². The maximum absolute atomic E-state index is 12.3. The zero-order chi connectivity index (χ0) is 15.9. The average Bonchev–Trinajstić information content (AvgIpc) is 2.56. The first-order valence-corrected chi connectivity index (χ1v) is 7.10. The largest absolute Gasteiger partial charge is 0.466 e. The number of methoxy groups -OCH3 is 1. The van der Waals surface area contributed by atoms with Gasteiger partial charge in [-0.1, -0.05) is 54.1 Å². The standard InChI is InChI=1S/C18H15ClO3/c1-22-18(21)15(11-13-7-9-16(19)10-8-13)12-17(20)14-5-3-2-4-6-14/h2-11H,12H2,1H3/b15-11+. The number of carbonyl (C=O) groups excluding carboxylic acids is 2. The van der Waals surface area contributed by atoms with Crippen molar-refractivity contribution in [2.45, 2.75) is 6.42 Å². The van der Waals surface area contributed by atoms with Gasteiger partial charge in [-0.3, -0.25) is 4.79 Å². The molecule has 0 saturated carbocycles. The number of halogens is 1. The highest BCUT2D eigenvalue weighted by molar-refractivity contribution is 6.30. The minimum Gasteiger partial charge on any atom is -0.466 e. The minimum atomic E-state index is -0.515. The lowest BCUT2D eigenvalue weighted by molar-refractivity contribution is -0.136. The van der Waals surface area contributed by atoms with Crippen molar-refractivity contribution >= 4 is 29.4 Å². The van der Waals surface area contributed by atoms with Gasteiger partial charge in [-0.15, -0.1) is 0 Å². The van der Waals surface area contributed by atoms with Crippen molar-refractivity contribution < 1.29 is 14.3 Å². The van der Waals surface area contributed by atoms with Crippen molar-refractivity contribution in [3.8, 4) is 0 Å². The van der Waals surface area contributed by atoms with Gasteiger partial charge in [0.05, 0.1) is 7.11 Å². The zero-order valence-corrected chi connectivity index (χ0v) is 12.8. The number of rotatable bonds is 5. The van der Waals surface area contributed by atoms with E-state index in [2.05, 4.69) is 0 Å². The van der Waals surface area contributed by atoms with Gasteiger partial charge in [-0.25, -0.2) is 4.79 Å². The highest BCUT2D eigenvalue weighted by Crippen LogP contribution is 2.17. The van der Waals surface area contributed by atoms with Crippen LogP contribution >= 0.6 is 11.6 Å². The Morgan fingerprint density at radius 2 is 1.68 bits per heavy atom. The molecule has 0 fully saturated rings. The molecule has 0 unspecified atom stereocenters. The Balaban J connectivity index is 2.25. The van der Waals surface area contributed by atoms with Crippen molar-refractivity contribution in [3.63, 3.8) is 0 Å². The number of Topliss-reactive ketones (excluding diaryl/α,β-unsaturated/α-hetero) is 1. The maximum Gasteiger partial charge on any atom is 0.334 e. The van der Waals surface area contributed by atoms with Crippen LogP contribution in [0.4, 0.5) is 0 Å². The van der Waals surface area contributed by atoms with Gasteiger partial charge >= 0.3 is 5.97 Å². The van der Waals surface area contributed by atoms with Crippen LogP contribution < -0.4 is 0 Å². The van der Waals surface area contributed by atoms with Crippen molar-refractivity contribution in [2.24, 2.45) is 0 Å². The summed E-state index contributed by atoms with van der Waals surface area (Å²) in [6, 6.07) is 15.8. The molecule has 2 aromatic rings. The Labute approximate surface area is 134 Å². The molecule has 0 aliphatic rings. The molecule has 112 valence electrons. The summed E-state index contributed by atoms with van der Waals surface area (Å²) in [5, 5.41) is 0.608. The summed E-state index contributed by atoms with van der Waals surface area (Å²) < 4.78 is 4.76. The number of hydrogen-bond donors (Lipinski definition) is 0. The normalized spacial score (nSPS) is 11.1. The van der Waals surface area contributed by atoms with Gasteiger partial charge in [0.1, 0.15) is 0 Å². The lowest BCUT2D eigenvalue weighted by Crippen LogP contribution is -2.10. The number of ketones is 1. The fourth-order valence-electron chi connectivity index (χ4n) is 1.97. The Morgan fingerprint density at radius 1 is 1.05 bits per heavy atom.